The minimum absolute atomic E-state index is 0.0682. The average Bonchev–Trinajstić information content (AvgIpc) is 1.83. The van der Waals surface area contributed by atoms with Crippen molar-refractivity contribution in [2.45, 2.75) is 20.0 Å². The van der Waals surface area contributed by atoms with Crippen LogP contribution in [0.1, 0.15) is 13.8 Å². The van der Waals surface area contributed by atoms with E-state index in [0.29, 0.717) is 6.29 Å². The summed E-state index contributed by atoms with van der Waals surface area (Å²) >= 11 is 5.28. The number of hydrogen-bond donors (Lipinski definition) is 0. The van der Waals surface area contributed by atoms with E-state index in [4.69, 9.17) is 16.3 Å². The van der Waals surface area contributed by atoms with Crippen LogP contribution in [-0.2, 0) is 9.53 Å². The molecule has 0 radical (unpaired) electrons. The monoisotopic (exact) mass is 148 g/mol. The van der Waals surface area contributed by atoms with E-state index in [0.717, 1.165) is 0 Å². The Hall–Kier alpha value is -0.500. The van der Waals surface area contributed by atoms with Crippen LogP contribution in [0.2, 0.25) is 0 Å². The first-order valence-corrected chi connectivity index (χ1v) is 3.01. The predicted octanol–water partition coefficient (Wildman–Crippen LogP) is 1.69. The molecule has 0 bridgehead atoms. The lowest BCUT2D eigenvalue weighted by molar-refractivity contribution is -0.104. The number of halogens is 1. The molecule has 0 saturated heterocycles. The zero-order valence-electron chi connectivity index (χ0n) is 5.43. The van der Waals surface area contributed by atoms with Crippen LogP contribution in [0.5, 0.6) is 0 Å². The number of ether oxygens (including phenoxy) is 1. The van der Waals surface area contributed by atoms with Crippen LogP contribution in [0, 0.1) is 0 Å². The highest BCUT2D eigenvalue weighted by Gasteiger charge is 1.89. The third kappa shape index (κ3) is 5.37. The molecule has 0 aromatic rings. The Kier molecular flexibility index (Phi) is 4.14. The topological polar surface area (TPSA) is 26.3 Å². The summed E-state index contributed by atoms with van der Waals surface area (Å²) in [6, 6.07) is 0. The van der Waals surface area contributed by atoms with Gasteiger partial charge in [0.2, 0.25) is 0 Å². The van der Waals surface area contributed by atoms with Crippen molar-refractivity contribution in [2.75, 3.05) is 0 Å². The van der Waals surface area contributed by atoms with Crippen molar-refractivity contribution in [2.24, 2.45) is 0 Å². The number of rotatable bonds is 3. The molecule has 0 aliphatic rings. The van der Waals surface area contributed by atoms with Gasteiger partial charge in [0.25, 0.3) is 0 Å². The molecule has 0 amide bonds. The maximum absolute atomic E-state index is 9.84. The molecule has 0 aromatic heterocycles. The Morgan fingerprint density at radius 1 is 1.67 bits per heavy atom. The van der Waals surface area contributed by atoms with Crippen LogP contribution in [-0.4, -0.2) is 12.4 Å². The molecule has 0 fully saturated rings. The number of carbonyl (C=O) groups excluding carboxylic acids is 1. The summed E-state index contributed by atoms with van der Waals surface area (Å²) in [5.74, 6) is 0. The van der Waals surface area contributed by atoms with Gasteiger partial charge in [0.05, 0.1) is 6.10 Å². The molecule has 0 aliphatic heterocycles. The van der Waals surface area contributed by atoms with Crippen molar-refractivity contribution < 1.29 is 9.53 Å². The second kappa shape index (κ2) is 4.39. The molecule has 0 aromatic carbocycles. The van der Waals surface area contributed by atoms with Crippen molar-refractivity contribution in [1.29, 1.82) is 0 Å². The first kappa shape index (κ1) is 8.50. The molecule has 0 atom stereocenters. The van der Waals surface area contributed by atoms with Gasteiger partial charge in [-0.15, -0.1) is 0 Å². The van der Waals surface area contributed by atoms with E-state index in [9.17, 15) is 4.79 Å². The van der Waals surface area contributed by atoms with E-state index in [1.165, 1.54) is 6.26 Å². The molecular weight excluding hydrogens is 140 g/mol. The van der Waals surface area contributed by atoms with E-state index in [1.54, 1.807) is 0 Å². The predicted molar refractivity (Wildman–Crippen MR) is 36.2 cm³/mol. The molecule has 2 nitrogen and oxygen atoms in total. The summed E-state index contributed by atoms with van der Waals surface area (Å²) in [7, 11) is 0. The smallest absolute Gasteiger partial charge is 0.164 e. The van der Waals surface area contributed by atoms with Crippen molar-refractivity contribution in [3.05, 3.63) is 11.3 Å². The first-order chi connectivity index (χ1) is 4.16. The highest BCUT2D eigenvalue weighted by Crippen LogP contribution is 1.98. The Morgan fingerprint density at radius 3 is 2.56 bits per heavy atom. The van der Waals surface area contributed by atoms with Gasteiger partial charge in [0, 0.05) is 0 Å². The highest BCUT2D eigenvalue weighted by atomic mass is 35.5. The van der Waals surface area contributed by atoms with Gasteiger partial charge in [-0.1, -0.05) is 11.6 Å². The Bertz CT molecular complexity index is 118. The van der Waals surface area contributed by atoms with Gasteiger partial charge in [-0.05, 0) is 13.8 Å². The second-order valence-electron chi connectivity index (χ2n) is 1.81. The lowest BCUT2D eigenvalue weighted by atomic mass is 10.5. The van der Waals surface area contributed by atoms with Crippen LogP contribution in [0.15, 0.2) is 11.3 Å². The third-order valence-electron chi connectivity index (χ3n) is 0.565. The van der Waals surface area contributed by atoms with Gasteiger partial charge >= 0.3 is 0 Å². The lowest BCUT2D eigenvalue weighted by Crippen LogP contribution is -1.95. The summed E-state index contributed by atoms with van der Waals surface area (Å²) in [4.78, 5) is 9.84. The SMILES string of the molecule is CC(C)O/C=C(\Cl)C=O. The normalized spacial score (nSPS) is 11.8. The highest BCUT2D eigenvalue weighted by molar-refractivity contribution is 6.38. The minimum Gasteiger partial charge on any atom is -0.497 e. The van der Waals surface area contributed by atoms with Crippen LogP contribution in [0.3, 0.4) is 0 Å². The van der Waals surface area contributed by atoms with Gasteiger partial charge in [-0.3, -0.25) is 4.79 Å². The van der Waals surface area contributed by atoms with Gasteiger partial charge in [-0.25, -0.2) is 0 Å². The van der Waals surface area contributed by atoms with Gasteiger partial charge < -0.3 is 4.74 Å². The molecule has 52 valence electrons. The molecule has 0 spiro atoms. The zero-order chi connectivity index (χ0) is 7.28. The molecule has 0 saturated carbocycles. The van der Waals surface area contributed by atoms with E-state index >= 15 is 0 Å². The number of allylic oxidation sites excluding steroid dienone is 1. The van der Waals surface area contributed by atoms with Crippen molar-refractivity contribution in [3.8, 4) is 0 Å². The fourth-order valence-corrected chi connectivity index (χ4v) is 0.280. The van der Waals surface area contributed by atoms with Crippen molar-refractivity contribution >= 4 is 17.9 Å². The van der Waals surface area contributed by atoms with Gasteiger partial charge in [0.15, 0.2) is 6.29 Å². The summed E-state index contributed by atoms with van der Waals surface area (Å²) in [6.45, 7) is 3.71. The Labute approximate surface area is 59.5 Å². The standard InChI is InChI=1S/C6H9ClO2/c1-5(2)9-4-6(7)3-8/h3-5H,1-2H3/b6-4-. The first-order valence-electron chi connectivity index (χ1n) is 2.63. The molecule has 0 unspecified atom stereocenters. The van der Waals surface area contributed by atoms with Crippen LogP contribution >= 0.6 is 11.6 Å². The average molecular weight is 149 g/mol. The van der Waals surface area contributed by atoms with E-state index in [-0.39, 0.29) is 11.1 Å². The molecular formula is C6H9ClO2. The van der Waals surface area contributed by atoms with E-state index < -0.39 is 0 Å². The minimum atomic E-state index is 0.0682. The summed E-state index contributed by atoms with van der Waals surface area (Å²) in [5, 5.41) is 0.0868. The van der Waals surface area contributed by atoms with Crippen molar-refractivity contribution in [3.63, 3.8) is 0 Å². The quantitative estimate of drug-likeness (QED) is 0.346. The van der Waals surface area contributed by atoms with Crippen LogP contribution in [0.25, 0.3) is 0 Å². The Balaban J connectivity index is 3.56. The largest absolute Gasteiger partial charge is 0.497 e. The molecule has 0 heterocycles. The zero-order valence-corrected chi connectivity index (χ0v) is 6.18. The maximum atomic E-state index is 9.84. The fourth-order valence-electron chi connectivity index (χ4n) is 0.229. The van der Waals surface area contributed by atoms with Crippen LogP contribution in [0.4, 0.5) is 0 Å². The van der Waals surface area contributed by atoms with Crippen molar-refractivity contribution in [1.82, 2.24) is 0 Å². The van der Waals surface area contributed by atoms with Gasteiger partial charge in [-0.2, -0.15) is 0 Å². The number of aldehydes is 1. The summed E-state index contributed by atoms with van der Waals surface area (Å²) < 4.78 is 4.87. The van der Waals surface area contributed by atoms with E-state index in [1.807, 2.05) is 13.8 Å². The lowest BCUT2D eigenvalue weighted by Gasteiger charge is -2.01. The number of hydrogen-bond acceptors (Lipinski definition) is 2. The third-order valence-corrected chi connectivity index (χ3v) is 0.744. The van der Waals surface area contributed by atoms with E-state index in [2.05, 4.69) is 0 Å². The molecule has 0 N–H and O–H groups in total. The molecule has 9 heavy (non-hydrogen) atoms. The molecule has 3 heteroatoms. The Morgan fingerprint density at radius 2 is 2.22 bits per heavy atom. The summed E-state index contributed by atoms with van der Waals surface area (Å²) in [5.41, 5.74) is 0. The second-order valence-corrected chi connectivity index (χ2v) is 2.24. The van der Waals surface area contributed by atoms with Crippen LogP contribution < -0.4 is 0 Å². The number of carbonyl (C=O) groups is 1. The molecule has 0 aliphatic carbocycles. The maximum Gasteiger partial charge on any atom is 0.164 e. The molecule has 0 rings (SSSR count). The van der Waals surface area contributed by atoms with Gasteiger partial charge in [0.1, 0.15) is 11.3 Å². The fraction of sp³-hybridized carbons (Fsp3) is 0.500. The summed E-state index contributed by atoms with van der Waals surface area (Å²) in [6.07, 6.45) is 1.84.